The van der Waals surface area contributed by atoms with Crippen molar-refractivity contribution in [2.75, 3.05) is 5.32 Å². The molecule has 19 heavy (non-hydrogen) atoms. The Labute approximate surface area is 109 Å². The van der Waals surface area contributed by atoms with Gasteiger partial charge in [0.1, 0.15) is 6.04 Å². The molecule has 2 rings (SSSR count). The molecular formula is C11H12N2O5S. The van der Waals surface area contributed by atoms with E-state index >= 15 is 0 Å². The summed E-state index contributed by atoms with van der Waals surface area (Å²) >= 11 is 0. The molecule has 1 heterocycles. The van der Waals surface area contributed by atoms with Crippen LogP contribution in [0, 0.1) is 0 Å². The predicted molar refractivity (Wildman–Crippen MR) is 66.2 cm³/mol. The number of nitrogens with one attached hydrogen (secondary N) is 2. The minimum absolute atomic E-state index is 0.0594. The normalized spacial score (nSPS) is 15.7. The second kappa shape index (κ2) is 4.63. The number of benzene rings is 1. The number of amides is 1. The van der Waals surface area contributed by atoms with Crippen molar-refractivity contribution in [1.82, 2.24) is 4.72 Å². The summed E-state index contributed by atoms with van der Waals surface area (Å²) in [6, 6.07) is 2.95. The third kappa shape index (κ3) is 2.74. The first kappa shape index (κ1) is 13.5. The van der Waals surface area contributed by atoms with Crippen molar-refractivity contribution in [3.8, 4) is 0 Å². The third-order valence-corrected chi connectivity index (χ3v) is 4.25. The van der Waals surface area contributed by atoms with E-state index in [4.69, 9.17) is 5.11 Å². The fraction of sp³-hybridized carbons (Fsp3) is 0.273. The van der Waals surface area contributed by atoms with Gasteiger partial charge in [0.05, 0.1) is 11.3 Å². The zero-order valence-electron chi connectivity index (χ0n) is 10.0. The molecule has 0 aromatic heterocycles. The van der Waals surface area contributed by atoms with E-state index in [0.717, 1.165) is 0 Å². The molecule has 0 aliphatic carbocycles. The van der Waals surface area contributed by atoms with Crippen molar-refractivity contribution < 1.29 is 23.1 Å². The number of carbonyl (C=O) groups is 2. The Morgan fingerprint density at radius 3 is 2.79 bits per heavy atom. The van der Waals surface area contributed by atoms with Crippen LogP contribution < -0.4 is 10.0 Å². The standard InChI is InChI=1S/C11H12N2O5S/c1-6(11(15)16)13-19(17,18)8-2-3-9-7(4-8)5-10(14)12-9/h2-4,6,13H,5H2,1H3,(H,12,14)(H,15,16)/t6-/m0/s1. The molecule has 0 fully saturated rings. The smallest absolute Gasteiger partial charge is 0.321 e. The molecule has 7 nitrogen and oxygen atoms in total. The number of aliphatic carboxylic acids is 1. The van der Waals surface area contributed by atoms with Crippen molar-refractivity contribution in [1.29, 1.82) is 0 Å². The molecule has 1 aliphatic heterocycles. The van der Waals surface area contributed by atoms with Crippen LogP contribution in [-0.4, -0.2) is 31.4 Å². The van der Waals surface area contributed by atoms with Crippen molar-refractivity contribution >= 4 is 27.6 Å². The van der Waals surface area contributed by atoms with Gasteiger partial charge in [-0.15, -0.1) is 0 Å². The lowest BCUT2D eigenvalue weighted by Gasteiger charge is -2.11. The summed E-state index contributed by atoms with van der Waals surface area (Å²) < 4.78 is 25.9. The monoisotopic (exact) mass is 284 g/mol. The highest BCUT2D eigenvalue weighted by Gasteiger charge is 2.24. The first-order valence-corrected chi connectivity index (χ1v) is 6.96. The average molecular weight is 284 g/mol. The van der Waals surface area contributed by atoms with Crippen molar-refractivity contribution in [2.45, 2.75) is 24.3 Å². The highest BCUT2D eigenvalue weighted by atomic mass is 32.2. The predicted octanol–water partition coefficient (Wildman–Crippen LogP) is -0.0674. The fourth-order valence-corrected chi connectivity index (χ4v) is 2.97. The molecule has 0 spiro atoms. The molecule has 1 atom stereocenters. The fourth-order valence-electron chi connectivity index (χ4n) is 1.72. The zero-order valence-corrected chi connectivity index (χ0v) is 10.8. The van der Waals surface area contributed by atoms with Crippen molar-refractivity contribution in [3.63, 3.8) is 0 Å². The van der Waals surface area contributed by atoms with Crippen LogP contribution in [0.5, 0.6) is 0 Å². The van der Waals surface area contributed by atoms with E-state index in [-0.39, 0.29) is 17.2 Å². The average Bonchev–Trinajstić information content (AvgIpc) is 2.67. The van der Waals surface area contributed by atoms with Gasteiger partial charge in [-0.3, -0.25) is 9.59 Å². The Balaban J connectivity index is 2.30. The number of carboxylic acids is 1. The summed E-state index contributed by atoms with van der Waals surface area (Å²) in [6.45, 7) is 1.23. The summed E-state index contributed by atoms with van der Waals surface area (Å²) in [6.07, 6.45) is 0.118. The van der Waals surface area contributed by atoms with Gasteiger partial charge in [-0.1, -0.05) is 0 Å². The van der Waals surface area contributed by atoms with Crippen LogP contribution in [0.15, 0.2) is 23.1 Å². The minimum Gasteiger partial charge on any atom is -0.480 e. The van der Waals surface area contributed by atoms with Gasteiger partial charge in [-0.05, 0) is 30.7 Å². The number of rotatable bonds is 4. The van der Waals surface area contributed by atoms with Crippen LogP contribution in [-0.2, 0) is 26.0 Å². The molecule has 0 radical (unpaired) electrons. The second-order valence-corrected chi connectivity index (χ2v) is 5.94. The summed E-state index contributed by atoms with van der Waals surface area (Å²) in [5, 5.41) is 11.3. The second-order valence-electron chi connectivity index (χ2n) is 4.23. The summed E-state index contributed by atoms with van der Waals surface area (Å²) in [5.74, 6) is -1.46. The molecule has 0 unspecified atom stereocenters. The Morgan fingerprint density at radius 2 is 2.16 bits per heavy atom. The lowest BCUT2D eigenvalue weighted by molar-refractivity contribution is -0.138. The Bertz CT molecular complexity index is 653. The summed E-state index contributed by atoms with van der Waals surface area (Å²) in [7, 11) is -3.91. The molecule has 8 heteroatoms. The van der Waals surface area contributed by atoms with Gasteiger partial charge < -0.3 is 10.4 Å². The van der Waals surface area contributed by atoms with E-state index in [1.54, 1.807) is 0 Å². The molecule has 1 amide bonds. The van der Waals surface area contributed by atoms with Crippen LogP contribution in [0.25, 0.3) is 0 Å². The first-order valence-electron chi connectivity index (χ1n) is 5.47. The van der Waals surface area contributed by atoms with E-state index in [1.807, 2.05) is 4.72 Å². The van der Waals surface area contributed by atoms with E-state index < -0.39 is 22.0 Å². The zero-order chi connectivity index (χ0) is 14.2. The van der Waals surface area contributed by atoms with E-state index in [0.29, 0.717) is 11.3 Å². The topological polar surface area (TPSA) is 113 Å². The number of hydrogen-bond acceptors (Lipinski definition) is 4. The van der Waals surface area contributed by atoms with Crippen LogP contribution in [0.2, 0.25) is 0 Å². The molecule has 0 saturated heterocycles. The van der Waals surface area contributed by atoms with Gasteiger partial charge in [-0.25, -0.2) is 8.42 Å². The van der Waals surface area contributed by atoms with Gasteiger partial charge in [-0.2, -0.15) is 4.72 Å². The largest absolute Gasteiger partial charge is 0.480 e. The van der Waals surface area contributed by atoms with Gasteiger partial charge in [0, 0.05) is 5.69 Å². The highest BCUT2D eigenvalue weighted by Crippen LogP contribution is 2.25. The highest BCUT2D eigenvalue weighted by molar-refractivity contribution is 7.89. The van der Waals surface area contributed by atoms with Gasteiger partial charge in [0.15, 0.2) is 0 Å². The lowest BCUT2D eigenvalue weighted by atomic mass is 10.2. The lowest BCUT2D eigenvalue weighted by Crippen LogP contribution is -2.38. The Hall–Kier alpha value is -1.93. The maximum Gasteiger partial charge on any atom is 0.321 e. The molecule has 0 bridgehead atoms. The van der Waals surface area contributed by atoms with Crippen LogP contribution in [0.3, 0.4) is 0 Å². The molecule has 1 aromatic carbocycles. The number of hydrogen-bond donors (Lipinski definition) is 3. The molecular weight excluding hydrogens is 272 g/mol. The van der Waals surface area contributed by atoms with Crippen molar-refractivity contribution in [3.05, 3.63) is 23.8 Å². The molecule has 0 saturated carbocycles. The third-order valence-electron chi connectivity index (χ3n) is 2.71. The van der Waals surface area contributed by atoms with Gasteiger partial charge >= 0.3 is 5.97 Å². The molecule has 1 aromatic rings. The number of carboxylic acid groups (broad SMARTS) is 1. The van der Waals surface area contributed by atoms with Crippen LogP contribution in [0.4, 0.5) is 5.69 Å². The van der Waals surface area contributed by atoms with Crippen LogP contribution in [0.1, 0.15) is 12.5 Å². The van der Waals surface area contributed by atoms with Crippen molar-refractivity contribution in [2.24, 2.45) is 0 Å². The first-order chi connectivity index (χ1) is 8.79. The van der Waals surface area contributed by atoms with Gasteiger partial charge in [0.2, 0.25) is 15.9 Å². The quantitative estimate of drug-likeness (QED) is 0.716. The number of fused-ring (bicyclic) bond motifs is 1. The molecule has 102 valence electrons. The maximum atomic E-state index is 11.9. The Kier molecular flexibility index (Phi) is 3.29. The van der Waals surface area contributed by atoms with Gasteiger partial charge in [0.25, 0.3) is 0 Å². The minimum atomic E-state index is -3.91. The maximum absolute atomic E-state index is 11.9. The number of anilines is 1. The van der Waals surface area contributed by atoms with E-state index in [2.05, 4.69) is 5.32 Å². The van der Waals surface area contributed by atoms with E-state index in [1.165, 1.54) is 25.1 Å². The summed E-state index contributed by atoms with van der Waals surface area (Å²) in [4.78, 5) is 21.8. The van der Waals surface area contributed by atoms with E-state index in [9.17, 15) is 18.0 Å². The van der Waals surface area contributed by atoms with Crippen LogP contribution >= 0.6 is 0 Å². The Morgan fingerprint density at radius 1 is 1.47 bits per heavy atom. The SMILES string of the molecule is C[C@H](NS(=O)(=O)c1ccc2c(c1)CC(=O)N2)C(=O)O. The summed E-state index contributed by atoms with van der Waals surface area (Å²) in [5.41, 5.74) is 1.16. The number of sulfonamides is 1. The molecule has 1 aliphatic rings. The number of carbonyl (C=O) groups excluding carboxylic acids is 1. The molecule has 3 N–H and O–H groups in total.